The van der Waals surface area contributed by atoms with Crippen molar-refractivity contribution >= 4 is 38.3 Å². The number of nitrogens with one attached hydrogen (secondary N) is 1. The Hall–Kier alpha value is -2.64. The van der Waals surface area contributed by atoms with Crippen molar-refractivity contribution in [1.29, 1.82) is 0 Å². The fraction of sp³-hybridized carbons (Fsp3) is 0.391. The van der Waals surface area contributed by atoms with Crippen LogP contribution < -0.4 is 15.0 Å². The molecule has 0 radical (unpaired) electrons. The molecule has 0 atom stereocenters. The van der Waals surface area contributed by atoms with Gasteiger partial charge < -0.3 is 15.0 Å². The molecule has 1 amide bonds. The summed E-state index contributed by atoms with van der Waals surface area (Å²) >= 11 is 1.48. The number of anilines is 2. The van der Waals surface area contributed by atoms with Gasteiger partial charge in [-0.1, -0.05) is 30.4 Å². The zero-order valence-electron chi connectivity index (χ0n) is 17.6. The highest BCUT2D eigenvalue weighted by atomic mass is 32.1. The number of amides is 1. The zero-order chi connectivity index (χ0) is 20.9. The van der Waals surface area contributed by atoms with Gasteiger partial charge in [0.15, 0.2) is 5.13 Å². The number of thiazole rings is 1. The van der Waals surface area contributed by atoms with E-state index in [9.17, 15) is 4.79 Å². The van der Waals surface area contributed by atoms with E-state index in [0.717, 1.165) is 48.6 Å². The standard InChI is InChI=1S/C23H28N4O2S/c1-3-17-6-5-7-18(14-17)27-12-10-26(11-13-27)16-22(28)25-23-24-20-9-8-19(29-4-2)15-21(20)30-23/h5-9,14-15H,3-4,10-13,16H2,1-2H3,(H,24,25,28). The number of carbonyl (C=O) groups excluding carboxylic acids is 1. The molecule has 2 aromatic carbocycles. The van der Waals surface area contributed by atoms with E-state index in [1.165, 1.54) is 22.6 Å². The molecule has 2 heterocycles. The predicted molar refractivity (Wildman–Crippen MR) is 124 cm³/mol. The third-order valence-electron chi connectivity index (χ3n) is 5.34. The second kappa shape index (κ2) is 9.45. The lowest BCUT2D eigenvalue weighted by Crippen LogP contribution is -2.48. The fourth-order valence-corrected chi connectivity index (χ4v) is 4.62. The van der Waals surface area contributed by atoms with E-state index < -0.39 is 0 Å². The van der Waals surface area contributed by atoms with E-state index in [0.29, 0.717) is 18.3 Å². The van der Waals surface area contributed by atoms with E-state index in [-0.39, 0.29) is 5.91 Å². The topological polar surface area (TPSA) is 57.7 Å². The van der Waals surface area contributed by atoms with Crippen molar-refractivity contribution in [2.24, 2.45) is 0 Å². The number of benzene rings is 2. The van der Waals surface area contributed by atoms with E-state index in [4.69, 9.17) is 4.74 Å². The molecule has 1 aromatic heterocycles. The monoisotopic (exact) mass is 424 g/mol. The van der Waals surface area contributed by atoms with Gasteiger partial charge in [-0.3, -0.25) is 9.69 Å². The van der Waals surface area contributed by atoms with Crippen LogP contribution in [-0.2, 0) is 11.2 Å². The number of ether oxygens (including phenoxy) is 1. The molecular formula is C23H28N4O2S. The number of hydrogen-bond donors (Lipinski definition) is 1. The highest BCUT2D eigenvalue weighted by molar-refractivity contribution is 7.22. The van der Waals surface area contributed by atoms with Crippen LogP contribution >= 0.6 is 11.3 Å². The number of fused-ring (bicyclic) bond motifs is 1. The van der Waals surface area contributed by atoms with Gasteiger partial charge in [-0.05, 0) is 49.2 Å². The van der Waals surface area contributed by atoms with Gasteiger partial charge in [0.2, 0.25) is 5.91 Å². The van der Waals surface area contributed by atoms with Gasteiger partial charge in [0, 0.05) is 31.9 Å². The minimum Gasteiger partial charge on any atom is -0.494 e. The number of hydrogen-bond acceptors (Lipinski definition) is 6. The molecule has 0 saturated carbocycles. The second-order valence-corrected chi connectivity index (χ2v) is 8.45. The van der Waals surface area contributed by atoms with Crippen LogP contribution in [0.2, 0.25) is 0 Å². The molecule has 0 spiro atoms. The van der Waals surface area contributed by atoms with Gasteiger partial charge in [0.1, 0.15) is 5.75 Å². The van der Waals surface area contributed by atoms with E-state index in [1.807, 2.05) is 25.1 Å². The Balaban J connectivity index is 1.30. The average molecular weight is 425 g/mol. The molecule has 1 aliphatic rings. The maximum atomic E-state index is 12.5. The molecule has 1 fully saturated rings. The predicted octanol–water partition coefficient (Wildman–Crippen LogP) is 4.02. The number of nitrogens with zero attached hydrogens (tertiary/aromatic N) is 3. The molecule has 0 unspecified atom stereocenters. The van der Waals surface area contributed by atoms with Gasteiger partial charge in [-0.2, -0.15) is 0 Å². The summed E-state index contributed by atoms with van der Waals surface area (Å²) in [6.45, 7) is 8.78. The first kappa shape index (κ1) is 20.6. The first-order chi connectivity index (χ1) is 14.6. The van der Waals surface area contributed by atoms with Crippen LogP contribution in [0.3, 0.4) is 0 Å². The van der Waals surface area contributed by atoms with Crippen molar-refractivity contribution in [2.45, 2.75) is 20.3 Å². The van der Waals surface area contributed by atoms with Gasteiger partial charge in [-0.25, -0.2) is 4.98 Å². The number of piperazine rings is 1. The maximum Gasteiger partial charge on any atom is 0.240 e. The summed E-state index contributed by atoms with van der Waals surface area (Å²) in [6, 6.07) is 14.6. The van der Waals surface area contributed by atoms with Gasteiger partial charge >= 0.3 is 0 Å². The normalized spacial score (nSPS) is 14.8. The SMILES string of the molecule is CCOc1ccc2nc(NC(=O)CN3CCN(c4cccc(CC)c4)CC3)sc2c1. The lowest BCUT2D eigenvalue weighted by atomic mass is 10.1. The summed E-state index contributed by atoms with van der Waals surface area (Å²) < 4.78 is 6.55. The highest BCUT2D eigenvalue weighted by Crippen LogP contribution is 2.29. The molecule has 1 aliphatic heterocycles. The van der Waals surface area contributed by atoms with Crippen molar-refractivity contribution in [3.8, 4) is 5.75 Å². The summed E-state index contributed by atoms with van der Waals surface area (Å²) in [5.74, 6) is 0.814. The number of aromatic nitrogens is 1. The maximum absolute atomic E-state index is 12.5. The van der Waals surface area contributed by atoms with Gasteiger partial charge in [-0.15, -0.1) is 0 Å². The lowest BCUT2D eigenvalue weighted by Gasteiger charge is -2.35. The van der Waals surface area contributed by atoms with Crippen molar-refractivity contribution in [1.82, 2.24) is 9.88 Å². The molecule has 158 valence electrons. The van der Waals surface area contributed by atoms with Crippen LogP contribution in [0.1, 0.15) is 19.4 Å². The van der Waals surface area contributed by atoms with E-state index in [2.05, 4.69) is 51.3 Å². The van der Waals surface area contributed by atoms with Crippen molar-refractivity contribution < 1.29 is 9.53 Å². The van der Waals surface area contributed by atoms with Gasteiger partial charge in [0.25, 0.3) is 0 Å². The Bertz CT molecular complexity index is 1010. The summed E-state index contributed by atoms with van der Waals surface area (Å²) in [6.07, 6.45) is 1.05. The third-order valence-corrected chi connectivity index (χ3v) is 6.27. The summed E-state index contributed by atoms with van der Waals surface area (Å²) in [5, 5.41) is 3.60. The smallest absolute Gasteiger partial charge is 0.240 e. The second-order valence-electron chi connectivity index (χ2n) is 7.42. The molecule has 4 rings (SSSR count). The molecule has 1 saturated heterocycles. The zero-order valence-corrected chi connectivity index (χ0v) is 18.4. The fourth-order valence-electron chi connectivity index (χ4n) is 3.71. The summed E-state index contributed by atoms with van der Waals surface area (Å²) in [4.78, 5) is 21.7. The Morgan fingerprint density at radius 1 is 1.13 bits per heavy atom. The van der Waals surface area contributed by atoms with Gasteiger partial charge in [0.05, 0.1) is 23.4 Å². The van der Waals surface area contributed by atoms with Crippen LogP contribution in [0, 0.1) is 0 Å². The Morgan fingerprint density at radius 2 is 1.97 bits per heavy atom. The van der Waals surface area contributed by atoms with Crippen molar-refractivity contribution in [2.75, 3.05) is 49.5 Å². The molecule has 1 N–H and O–H groups in total. The molecule has 0 aliphatic carbocycles. The lowest BCUT2D eigenvalue weighted by molar-refractivity contribution is -0.117. The Labute approximate surface area is 181 Å². The minimum absolute atomic E-state index is 0.0134. The van der Waals surface area contributed by atoms with Crippen LogP contribution in [0.15, 0.2) is 42.5 Å². The van der Waals surface area contributed by atoms with E-state index >= 15 is 0 Å². The highest BCUT2D eigenvalue weighted by Gasteiger charge is 2.20. The quantitative estimate of drug-likeness (QED) is 0.621. The number of aryl methyl sites for hydroxylation is 1. The molecular weight excluding hydrogens is 396 g/mol. The minimum atomic E-state index is -0.0134. The number of rotatable bonds is 7. The number of carbonyl (C=O) groups is 1. The summed E-state index contributed by atoms with van der Waals surface area (Å²) in [5.41, 5.74) is 3.51. The van der Waals surface area contributed by atoms with Crippen molar-refractivity contribution in [3.63, 3.8) is 0 Å². The first-order valence-electron chi connectivity index (χ1n) is 10.5. The average Bonchev–Trinajstić information content (AvgIpc) is 3.16. The summed E-state index contributed by atoms with van der Waals surface area (Å²) in [7, 11) is 0. The molecule has 3 aromatic rings. The van der Waals surface area contributed by atoms with Crippen LogP contribution in [0.25, 0.3) is 10.2 Å². The molecule has 7 heteroatoms. The van der Waals surface area contributed by atoms with E-state index in [1.54, 1.807) is 0 Å². The molecule has 6 nitrogen and oxygen atoms in total. The molecule has 0 bridgehead atoms. The van der Waals surface area contributed by atoms with Crippen LogP contribution in [0.4, 0.5) is 10.8 Å². The molecule has 30 heavy (non-hydrogen) atoms. The van der Waals surface area contributed by atoms with Crippen LogP contribution in [0.5, 0.6) is 5.75 Å². The van der Waals surface area contributed by atoms with Crippen molar-refractivity contribution in [3.05, 3.63) is 48.0 Å². The van der Waals surface area contributed by atoms with Crippen LogP contribution in [-0.4, -0.2) is 55.1 Å². The Morgan fingerprint density at radius 3 is 2.73 bits per heavy atom. The largest absolute Gasteiger partial charge is 0.494 e. The first-order valence-corrected chi connectivity index (χ1v) is 11.4. The third kappa shape index (κ3) is 4.91. The Kier molecular flexibility index (Phi) is 6.50.